The van der Waals surface area contributed by atoms with Crippen molar-refractivity contribution in [3.8, 4) is 0 Å². The standard InChI is InChI=1S/C11H17F2NO/c12-11(13)4-10(5-11)7-14-3-1-2-9(6-14)8-15/h8-10H,1-7H2. The van der Waals surface area contributed by atoms with Crippen LogP contribution in [-0.4, -0.2) is 36.7 Å². The molecule has 2 aliphatic rings. The number of hydrogen-bond donors (Lipinski definition) is 0. The maximum atomic E-state index is 12.6. The summed E-state index contributed by atoms with van der Waals surface area (Å²) in [6.45, 7) is 2.48. The Morgan fingerprint density at radius 3 is 2.73 bits per heavy atom. The van der Waals surface area contributed by atoms with Crippen LogP contribution >= 0.6 is 0 Å². The largest absolute Gasteiger partial charge is 0.303 e. The van der Waals surface area contributed by atoms with Gasteiger partial charge in [-0.2, -0.15) is 0 Å². The van der Waals surface area contributed by atoms with Gasteiger partial charge in [0, 0.05) is 31.8 Å². The molecule has 0 radical (unpaired) electrons. The highest BCUT2D eigenvalue weighted by Crippen LogP contribution is 2.42. The van der Waals surface area contributed by atoms with Crippen molar-refractivity contribution in [2.24, 2.45) is 11.8 Å². The number of rotatable bonds is 3. The summed E-state index contributed by atoms with van der Waals surface area (Å²) in [6, 6.07) is 0. The van der Waals surface area contributed by atoms with Gasteiger partial charge in [0.25, 0.3) is 0 Å². The Kier molecular flexibility index (Phi) is 3.05. The van der Waals surface area contributed by atoms with Crippen LogP contribution in [0.5, 0.6) is 0 Å². The van der Waals surface area contributed by atoms with Gasteiger partial charge in [-0.05, 0) is 25.3 Å². The maximum absolute atomic E-state index is 12.6. The number of carbonyl (C=O) groups excluding carboxylic acids is 1. The van der Waals surface area contributed by atoms with E-state index in [1.165, 1.54) is 0 Å². The van der Waals surface area contributed by atoms with E-state index in [2.05, 4.69) is 4.90 Å². The highest BCUT2D eigenvalue weighted by molar-refractivity contribution is 5.53. The first-order valence-corrected chi connectivity index (χ1v) is 5.64. The van der Waals surface area contributed by atoms with Crippen molar-refractivity contribution in [2.45, 2.75) is 31.6 Å². The summed E-state index contributed by atoms with van der Waals surface area (Å²) < 4.78 is 25.2. The fraction of sp³-hybridized carbons (Fsp3) is 0.909. The number of hydrogen-bond acceptors (Lipinski definition) is 2. The van der Waals surface area contributed by atoms with Crippen LogP contribution in [0.25, 0.3) is 0 Å². The lowest BCUT2D eigenvalue weighted by Crippen LogP contribution is -2.45. The Labute approximate surface area is 88.6 Å². The molecule has 0 N–H and O–H groups in total. The Balaban J connectivity index is 1.73. The summed E-state index contributed by atoms with van der Waals surface area (Å²) in [7, 11) is 0. The first kappa shape index (κ1) is 11.0. The molecule has 1 aliphatic carbocycles. The lowest BCUT2D eigenvalue weighted by molar-refractivity contribution is -0.121. The molecule has 0 aromatic carbocycles. The van der Waals surface area contributed by atoms with Crippen LogP contribution in [0.15, 0.2) is 0 Å². The Hall–Kier alpha value is -0.510. The van der Waals surface area contributed by atoms with E-state index in [-0.39, 0.29) is 24.7 Å². The number of alkyl halides is 2. The molecule has 1 heterocycles. The highest BCUT2D eigenvalue weighted by Gasteiger charge is 2.45. The van der Waals surface area contributed by atoms with Crippen molar-refractivity contribution in [3.05, 3.63) is 0 Å². The van der Waals surface area contributed by atoms with E-state index in [4.69, 9.17) is 0 Å². The second-order valence-electron chi connectivity index (χ2n) is 4.93. The lowest BCUT2D eigenvalue weighted by atomic mass is 9.80. The van der Waals surface area contributed by atoms with Crippen LogP contribution in [0.3, 0.4) is 0 Å². The molecule has 1 saturated heterocycles. The fourth-order valence-corrected chi connectivity index (χ4v) is 2.65. The zero-order valence-electron chi connectivity index (χ0n) is 8.79. The SMILES string of the molecule is O=CC1CCCN(CC2CC(F)(F)C2)C1. The van der Waals surface area contributed by atoms with Gasteiger partial charge in [-0.15, -0.1) is 0 Å². The number of nitrogens with zero attached hydrogens (tertiary/aromatic N) is 1. The molecular weight excluding hydrogens is 200 g/mol. The summed E-state index contributed by atoms with van der Waals surface area (Å²) in [4.78, 5) is 12.8. The Morgan fingerprint density at radius 1 is 1.40 bits per heavy atom. The maximum Gasteiger partial charge on any atom is 0.248 e. The van der Waals surface area contributed by atoms with Crippen molar-refractivity contribution in [1.29, 1.82) is 0 Å². The second kappa shape index (κ2) is 4.16. The number of aldehydes is 1. The summed E-state index contributed by atoms with van der Waals surface area (Å²) in [5.74, 6) is -2.14. The average molecular weight is 217 g/mol. The van der Waals surface area contributed by atoms with Gasteiger partial charge in [0.15, 0.2) is 0 Å². The normalized spacial score (nSPS) is 32.3. The zero-order chi connectivity index (χ0) is 10.9. The summed E-state index contributed by atoms with van der Waals surface area (Å²) in [6.07, 6.45) is 3.05. The molecule has 1 aliphatic heterocycles. The summed E-state index contributed by atoms with van der Waals surface area (Å²) >= 11 is 0. The van der Waals surface area contributed by atoms with Crippen molar-refractivity contribution in [2.75, 3.05) is 19.6 Å². The van der Waals surface area contributed by atoms with E-state index >= 15 is 0 Å². The number of likely N-dealkylation sites (tertiary alicyclic amines) is 1. The third-order valence-corrected chi connectivity index (χ3v) is 3.43. The monoisotopic (exact) mass is 217 g/mol. The molecule has 86 valence electrons. The van der Waals surface area contributed by atoms with Gasteiger partial charge in [0.1, 0.15) is 6.29 Å². The molecule has 2 fully saturated rings. The molecule has 0 bridgehead atoms. The number of piperidine rings is 1. The van der Waals surface area contributed by atoms with Crippen LogP contribution < -0.4 is 0 Å². The fourth-order valence-electron chi connectivity index (χ4n) is 2.65. The van der Waals surface area contributed by atoms with Gasteiger partial charge in [-0.25, -0.2) is 8.78 Å². The van der Waals surface area contributed by atoms with Gasteiger partial charge >= 0.3 is 0 Å². The van der Waals surface area contributed by atoms with E-state index in [0.29, 0.717) is 0 Å². The minimum Gasteiger partial charge on any atom is -0.303 e. The Bertz CT molecular complexity index is 237. The predicted octanol–water partition coefficient (Wildman–Crippen LogP) is 1.94. The van der Waals surface area contributed by atoms with E-state index in [1.807, 2.05) is 0 Å². The lowest BCUT2D eigenvalue weighted by Gasteiger charge is -2.40. The molecule has 1 saturated carbocycles. The summed E-state index contributed by atoms with van der Waals surface area (Å²) in [5, 5.41) is 0. The minimum atomic E-state index is -2.41. The molecule has 4 heteroatoms. The molecule has 15 heavy (non-hydrogen) atoms. The van der Waals surface area contributed by atoms with Crippen molar-refractivity contribution >= 4 is 6.29 Å². The van der Waals surface area contributed by atoms with Crippen LogP contribution in [0.2, 0.25) is 0 Å². The number of halogens is 2. The van der Waals surface area contributed by atoms with Gasteiger partial charge in [-0.3, -0.25) is 0 Å². The van der Waals surface area contributed by atoms with Crippen LogP contribution in [-0.2, 0) is 4.79 Å². The molecule has 0 aromatic rings. The predicted molar refractivity (Wildman–Crippen MR) is 52.9 cm³/mol. The van der Waals surface area contributed by atoms with E-state index in [1.54, 1.807) is 0 Å². The molecule has 0 spiro atoms. The molecule has 2 nitrogen and oxygen atoms in total. The van der Waals surface area contributed by atoms with E-state index in [9.17, 15) is 13.6 Å². The van der Waals surface area contributed by atoms with Crippen molar-refractivity contribution < 1.29 is 13.6 Å². The summed E-state index contributed by atoms with van der Waals surface area (Å²) in [5.41, 5.74) is 0. The third-order valence-electron chi connectivity index (χ3n) is 3.43. The van der Waals surface area contributed by atoms with Gasteiger partial charge in [0.05, 0.1) is 0 Å². The van der Waals surface area contributed by atoms with Crippen molar-refractivity contribution in [1.82, 2.24) is 4.90 Å². The number of carbonyl (C=O) groups is 1. The highest BCUT2D eigenvalue weighted by atomic mass is 19.3. The van der Waals surface area contributed by atoms with Gasteiger partial charge in [0.2, 0.25) is 5.92 Å². The topological polar surface area (TPSA) is 20.3 Å². The minimum absolute atomic E-state index is 0.0370. The van der Waals surface area contributed by atoms with Gasteiger partial charge in [-0.1, -0.05) is 0 Å². The molecule has 1 atom stereocenters. The average Bonchev–Trinajstić information content (AvgIpc) is 2.15. The van der Waals surface area contributed by atoms with Crippen LogP contribution in [0, 0.1) is 11.8 Å². The molecule has 0 amide bonds. The molecule has 1 unspecified atom stereocenters. The van der Waals surface area contributed by atoms with E-state index in [0.717, 1.165) is 38.8 Å². The van der Waals surface area contributed by atoms with Crippen LogP contribution in [0.1, 0.15) is 25.7 Å². The first-order chi connectivity index (χ1) is 7.09. The third kappa shape index (κ3) is 2.74. The van der Waals surface area contributed by atoms with Gasteiger partial charge < -0.3 is 9.69 Å². The second-order valence-corrected chi connectivity index (χ2v) is 4.93. The quantitative estimate of drug-likeness (QED) is 0.673. The first-order valence-electron chi connectivity index (χ1n) is 5.64. The van der Waals surface area contributed by atoms with E-state index < -0.39 is 5.92 Å². The van der Waals surface area contributed by atoms with Crippen LogP contribution in [0.4, 0.5) is 8.78 Å². The smallest absolute Gasteiger partial charge is 0.248 e. The zero-order valence-corrected chi connectivity index (χ0v) is 8.79. The van der Waals surface area contributed by atoms with Crippen molar-refractivity contribution in [3.63, 3.8) is 0 Å². The Morgan fingerprint density at radius 2 is 2.13 bits per heavy atom. The molecule has 2 rings (SSSR count). The molecular formula is C11H17F2NO. The molecule has 0 aromatic heterocycles.